The number of unbranched alkanes of at least 4 members (excludes halogenated alkanes) is 2. The quantitative estimate of drug-likeness (QED) is 0.143. The maximum Gasteiger partial charge on any atom is 0.315 e. The molecule has 25 heavy (non-hydrogen) atoms. The second-order valence-corrected chi connectivity index (χ2v) is 7.86. The molecular weight excluding hydrogens is 342 g/mol. The highest BCUT2D eigenvalue weighted by Gasteiger charge is 2.42. The first kappa shape index (κ1) is 20.0. The van der Waals surface area contributed by atoms with Crippen LogP contribution in [0.4, 0.5) is 4.79 Å². The van der Waals surface area contributed by atoms with Crippen molar-refractivity contribution in [3.8, 4) is 0 Å². The van der Waals surface area contributed by atoms with Gasteiger partial charge in [0.05, 0.1) is 18.1 Å². The van der Waals surface area contributed by atoms with Gasteiger partial charge >= 0.3 is 6.03 Å². The molecule has 9 heteroatoms. The van der Waals surface area contributed by atoms with Crippen molar-refractivity contribution in [1.29, 1.82) is 0 Å². The van der Waals surface area contributed by atoms with E-state index in [1.54, 1.807) is 0 Å². The zero-order valence-corrected chi connectivity index (χ0v) is 15.3. The van der Waals surface area contributed by atoms with Gasteiger partial charge in [0.25, 0.3) is 0 Å². The van der Waals surface area contributed by atoms with Gasteiger partial charge in [-0.2, -0.15) is 11.8 Å². The smallest absolute Gasteiger partial charge is 0.315 e. The number of nitrogens with two attached hydrogens (primary N) is 1. The van der Waals surface area contributed by atoms with Crippen molar-refractivity contribution < 1.29 is 14.4 Å². The monoisotopic (exact) mass is 371 g/mol. The normalized spacial score (nSPS) is 25.8. The number of rotatable bonds is 12. The van der Waals surface area contributed by atoms with Crippen LogP contribution in [0.25, 0.3) is 0 Å². The molecule has 0 radical (unpaired) electrons. The maximum absolute atomic E-state index is 11.8. The van der Waals surface area contributed by atoms with Crippen LogP contribution in [-0.4, -0.2) is 53.9 Å². The number of carbonyl (C=O) groups is 3. The van der Waals surface area contributed by atoms with E-state index in [4.69, 9.17) is 5.73 Å². The van der Waals surface area contributed by atoms with Crippen LogP contribution >= 0.6 is 11.8 Å². The lowest BCUT2D eigenvalue weighted by Crippen LogP contribution is -2.45. The summed E-state index contributed by atoms with van der Waals surface area (Å²) in [6.45, 7) is 0.610. The number of amides is 3. The first-order valence-electron chi connectivity index (χ1n) is 9.02. The Balaban J connectivity index is 1.53. The van der Waals surface area contributed by atoms with Gasteiger partial charge in [-0.3, -0.25) is 10.2 Å². The number of hydrogen-bond acceptors (Lipinski definition) is 6. The van der Waals surface area contributed by atoms with Crippen LogP contribution in [0.3, 0.4) is 0 Å². The fraction of sp³-hybridized carbons (Fsp3) is 0.812. The third-order valence-corrected chi connectivity index (χ3v) is 6.12. The van der Waals surface area contributed by atoms with Gasteiger partial charge in [-0.25, -0.2) is 10.2 Å². The molecule has 0 saturated carbocycles. The van der Waals surface area contributed by atoms with E-state index < -0.39 is 0 Å². The van der Waals surface area contributed by atoms with Crippen molar-refractivity contribution >= 4 is 30.0 Å². The SMILES string of the molecule is NCCCC[C@@H](C=O)NNC(=O)CCCCC1SCC2NC(=O)NC21. The fourth-order valence-electron chi connectivity index (χ4n) is 3.19. The molecule has 2 aliphatic heterocycles. The van der Waals surface area contributed by atoms with Crippen molar-refractivity contribution in [1.82, 2.24) is 21.5 Å². The highest BCUT2D eigenvalue weighted by Crippen LogP contribution is 2.33. The third kappa shape index (κ3) is 6.48. The average Bonchev–Trinajstić information content (AvgIpc) is 3.14. The molecule has 0 aromatic heterocycles. The van der Waals surface area contributed by atoms with Crippen molar-refractivity contribution in [2.45, 2.75) is 68.3 Å². The van der Waals surface area contributed by atoms with E-state index in [2.05, 4.69) is 21.5 Å². The highest BCUT2D eigenvalue weighted by atomic mass is 32.2. The molecule has 0 aliphatic carbocycles. The number of hydrogen-bond donors (Lipinski definition) is 5. The Morgan fingerprint density at radius 1 is 1.32 bits per heavy atom. The summed E-state index contributed by atoms with van der Waals surface area (Å²) < 4.78 is 0. The number of aldehydes is 1. The Hall–Kier alpha value is -1.32. The minimum atomic E-state index is -0.360. The molecule has 142 valence electrons. The zero-order valence-electron chi connectivity index (χ0n) is 14.5. The number of fused-ring (bicyclic) bond motifs is 1. The van der Waals surface area contributed by atoms with E-state index in [9.17, 15) is 14.4 Å². The lowest BCUT2D eigenvalue weighted by molar-refractivity contribution is -0.122. The molecule has 4 atom stereocenters. The largest absolute Gasteiger partial charge is 0.332 e. The Labute approximate surface area is 152 Å². The van der Waals surface area contributed by atoms with Crippen LogP contribution in [0.1, 0.15) is 44.9 Å². The van der Waals surface area contributed by atoms with Gasteiger partial charge in [0.1, 0.15) is 6.29 Å². The van der Waals surface area contributed by atoms with Crippen LogP contribution in [0, 0.1) is 0 Å². The van der Waals surface area contributed by atoms with Crippen LogP contribution in [-0.2, 0) is 9.59 Å². The summed E-state index contributed by atoms with van der Waals surface area (Å²) in [4.78, 5) is 34.1. The number of thioether (sulfide) groups is 1. The van der Waals surface area contributed by atoms with Gasteiger partial charge in [0.2, 0.25) is 5.91 Å². The zero-order chi connectivity index (χ0) is 18.1. The summed E-state index contributed by atoms with van der Waals surface area (Å²) in [6.07, 6.45) is 6.37. The van der Waals surface area contributed by atoms with Gasteiger partial charge in [-0.05, 0) is 32.2 Å². The van der Waals surface area contributed by atoms with Crippen LogP contribution in [0.5, 0.6) is 0 Å². The molecule has 2 rings (SSSR count). The molecule has 0 aromatic carbocycles. The van der Waals surface area contributed by atoms with E-state index in [1.165, 1.54) is 0 Å². The molecule has 2 aliphatic rings. The van der Waals surface area contributed by atoms with Crippen LogP contribution in [0.15, 0.2) is 0 Å². The number of hydrazine groups is 1. The van der Waals surface area contributed by atoms with E-state index in [0.717, 1.165) is 44.1 Å². The maximum atomic E-state index is 11.8. The first-order chi connectivity index (χ1) is 12.1. The minimum absolute atomic E-state index is 0.0676. The second kappa shape index (κ2) is 10.6. The number of nitrogens with one attached hydrogen (secondary N) is 4. The molecule has 2 saturated heterocycles. The summed E-state index contributed by atoms with van der Waals surface area (Å²) in [6, 6.07) is 0.0344. The van der Waals surface area contributed by atoms with Crippen molar-refractivity contribution in [2.24, 2.45) is 5.73 Å². The minimum Gasteiger partial charge on any atom is -0.332 e. The van der Waals surface area contributed by atoms with Crippen molar-refractivity contribution in [3.63, 3.8) is 0 Å². The average molecular weight is 372 g/mol. The summed E-state index contributed by atoms with van der Waals surface area (Å²) in [5.74, 6) is 0.855. The van der Waals surface area contributed by atoms with Gasteiger partial charge in [-0.15, -0.1) is 0 Å². The summed E-state index contributed by atoms with van der Waals surface area (Å²) >= 11 is 1.88. The Morgan fingerprint density at radius 3 is 2.92 bits per heavy atom. The molecule has 3 amide bonds. The topological polar surface area (TPSA) is 125 Å². The molecule has 6 N–H and O–H groups in total. The summed E-state index contributed by atoms with van der Waals surface area (Å²) in [7, 11) is 0. The van der Waals surface area contributed by atoms with E-state index in [0.29, 0.717) is 24.6 Å². The summed E-state index contributed by atoms with van der Waals surface area (Å²) in [5, 5.41) is 6.32. The molecule has 8 nitrogen and oxygen atoms in total. The molecule has 0 aromatic rings. The van der Waals surface area contributed by atoms with Crippen LogP contribution in [0.2, 0.25) is 0 Å². The predicted molar refractivity (Wildman–Crippen MR) is 98.0 cm³/mol. The molecule has 0 bridgehead atoms. The first-order valence-corrected chi connectivity index (χ1v) is 10.1. The fourth-order valence-corrected chi connectivity index (χ4v) is 4.74. The van der Waals surface area contributed by atoms with E-state index >= 15 is 0 Å². The third-order valence-electron chi connectivity index (χ3n) is 4.61. The number of urea groups is 1. The lowest BCUT2D eigenvalue weighted by Gasteiger charge is -2.16. The van der Waals surface area contributed by atoms with E-state index in [1.807, 2.05) is 11.8 Å². The second-order valence-electron chi connectivity index (χ2n) is 6.59. The molecule has 3 unspecified atom stereocenters. The van der Waals surface area contributed by atoms with Crippen molar-refractivity contribution in [3.05, 3.63) is 0 Å². The Bertz CT molecular complexity index is 465. The molecule has 2 fully saturated rings. The van der Waals surface area contributed by atoms with E-state index in [-0.39, 0.29) is 30.1 Å². The Morgan fingerprint density at radius 2 is 2.16 bits per heavy atom. The highest BCUT2D eigenvalue weighted by molar-refractivity contribution is 8.00. The van der Waals surface area contributed by atoms with Gasteiger partial charge in [0, 0.05) is 17.4 Å². The van der Waals surface area contributed by atoms with Gasteiger partial charge in [0.15, 0.2) is 0 Å². The standard InChI is InChI=1S/C16H29N5O3S/c17-8-4-3-5-11(9-22)20-21-14(23)7-2-1-6-13-15-12(10-25-13)18-16(24)19-15/h9,11-13,15,20H,1-8,10,17H2,(H,21,23)(H2,18,19,24)/t11-,12?,13?,15?/m0/s1. The number of carbonyl (C=O) groups excluding carboxylic acids is 3. The van der Waals surface area contributed by atoms with Crippen LogP contribution < -0.4 is 27.2 Å². The molecular formula is C16H29N5O3S. The molecule has 0 spiro atoms. The predicted octanol–water partition coefficient (Wildman–Crippen LogP) is 0.0295. The van der Waals surface area contributed by atoms with Gasteiger partial charge < -0.3 is 21.2 Å². The molecule has 2 heterocycles. The lowest BCUT2D eigenvalue weighted by atomic mass is 10.0. The van der Waals surface area contributed by atoms with Crippen molar-refractivity contribution in [2.75, 3.05) is 12.3 Å². The Kier molecular flexibility index (Phi) is 8.50. The van der Waals surface area contributed by atoms with Gasteiger partial charge in [-0.1, -0.05) is 12.8 Å². The summed E-state index contributed by atoms with van der Waals surface area (Å²) in [5.41, 5.74) is 10.8.